The average Bonchev–Trinajstić information content (AvgIpc) is 2.73. The first-order valence-electron chi connectivity index (χ1n) is 4.05. The van der Waals surface area contributed by atoms with Crippen LogP contribution >= 0.6 is 11.3 Å². The second-order valence-electron chi connectivity index (χ2n) is 2.89. The monoisotopic (exact) mass is 207 g/mol. The van der Waals surface area contributed by atoms with Crippen LogP contribution in [0, 0.1) is 0 Å². The number of aryl methyl sites for hydroxylation is 1. The van der Waals surface area contributed by atoms with E-state index in [0.717, 1.165) is 16.9 Å². The second kappa shape index (κ2) is 3.26. The van der Waals surface area contributed by atoms with Crippen molar-refractivity contribution in [1.29, 1.82) is 0 Å². The first kappa shape index (κ1) is 8.96. The van der Waals surface area contributed by atoms with Gasteiger partial charge in [-0.3, -0.25) is 9.48 Å². The summed E-state index contributed by atoms with van der Waals surface area (Å²) in [7, 11) is 1.83. The minimum atomic E-state index is 0.631. The fourth-order valence-corrected chi connectivity index (χ4v) is 2.22. The van der Waals surface area contributed by atoms with E-state index >= 15 is 0 Å². The number of carbonyl (C=O) groups is 1. The average molecular weight is 207 g/mol. The van der Waals surface area contributed by atoms with Gasteiger partial charge >= 0.3 is 0 Å². The van der Waals surface area contributed by atoms with Crippen LogP contribution in [0.25, 0.3) is 10.6 Å². The Labute approximate surface area is 85.0 Å². The first-order chi connectivity index (χ1) is 6.72. The van der Waals surface area contributed by atoms with Gasteiger partial charge in [0.2, 0.25) is 0 Å². The molecule has 0 aliphatic carbocycles. The van der Waals surface area contributed by atoms with Crippen molar-refractivity contribution in [3.05, 3.63) is 23.2 Å². The third-order valence-corrected chi connectivity index (χ3v) is 2.96. The summed E-state index contributed by atoms with van der Waals surface area (Å²) < 4.78 is 1.70. The lowest BCUT2D eigenvalue weighted by atomic mass is 10.3. The third kappa shape index (κ3) is 1.31. The molecule has 0 saturated heterocycles. The fraction of sp³-hybridized carbons (Fsp3) is 0.111. The smallest absolute Gasteiger partial charge is 0.160 e. The summed E-state index contributed by atoms with van der Waals surface area (Å²) >= 11 is 1.41. The lowest BCUT2D eigenvalue weighted by molar-refractivity contribution is 0.112. The van der Waals surface area contributed by atoms with Crippen molar-refractivity contribution in [2.45, 2.75) is 0 Å². The van der Waals surface area contributed by atoms with Gasteiger partial charge in [0.15, 0.2) is 6.29 Å². The number of nitrogen functional groups attached to an aromatic ring is 1. The molecule has 2 N–H and O–H groups in total. The number of rotatable bonds is 2. The van der Waals surface area contributed by atoms with E-state index in [0.29, 0.717) is 10.6 Å². The number of thiophene rings is 1. The van der Waals surface area contributed by atoms with Gasteiger partial charge in [-0.1, -0.05) is 0 Å². The molecule has 0 aliphatic rings. The van der Waals surface area contributed by atoms with Gasteiger partial charge in [-0.15, -0.1) is 11.3 Å². The van der Waals surface area contributed by atoms with Crippen LogP contribution in [0.1, 0.15) is 9.67 Å². The van der Waals surface area contributed by atoms with Crippen molar-refractivity contribution in [3.63, 3.8) is 0 Å². The number of anilines is 1. The SMILES string of the molecule is Cn1ncc(N)c1-c1ccc(C=O)s1. The molecule has 2 heterocycles. The largest absolute Gasteiger partial charge is 0.396 e. The van der Waals surface area contributed by atoms with Crippen molar-refractivity contribution < 1.29 is 4.79 Å². The highest BCUT2D eigenvalue weighted by Gasteiger charge is 2.10. The number of nitrogens with two attached hydrogens (primary N) is 1. The Hall–Kier alpha value is -1.62. The molecule has 0 fully saturated rings. The molecule has 5 heteroatoms. The summed E-state index contributed by atoms with van der Waals surface area (Å²) in [6, 6.07) is 3.65. The normalized spacial score (nSPS) is 10.4. The van der Waals surface area contributed by atoms with E-state index in [1.54, 1.807) is 16.9 Å². The quantitative estimate of drug-likeness (QED) is 0.760. The van der Waals surface area contributed by atoms with Crippen LogP contribution in [0.2, 0.25) is 0 Å². The van der Waals surface area contributed by atoms with Crippen molar-refractivity contribution in [1.82, 2.24) is 9.78 Å². The molecular weight excluding hydrogens is 198 g/mol. The number of nitrogens with zero attached hydrogens (tertiary/aromatic N) is 2. The zero-order valence-electron chi connectivity index (χ0n) is 7.60. The summed E-state index contributed by atoms with van der Waals surface area (Å²) in [4.78, 5) is 12.2. The molecule has 2 rings (SSSR count). The lowest BCUT2D eigenvalue weighted by Gasteiger charge is -1.98. The molecule has 0 saturated carbocycles. The van der Waals surface area contributed by atoms with Gasteiger partial charge in [0.05, 0.1) is 21.6 Å². The van der Waals surface area contributed by atoms with Crippen LogP contribution in [-0.2, 0) is 7.05 Å². The van der Waals surface area contributed by atoms with Crippen molar-refractivity contribution in [3.8, 4) is 10.6 Å². The zero-order chi connectivity index (χ0) is 10.1. The summed E-state index contributed by atoms with van der Waals surface area (Å²) in [6.07, 6.45) is 2.44. The molecule has 0 atom stereocenters. The van der Waals surface area contributed by atoms with E-state index in [-0.39, 0.29) is 0 Å². The minimum Gasteiger partial charge on any atom is -0.396 e. The predicted octanol–water partition coefficient (Wildman–Crippen LogP) is 1.54. The van der Waals surface area contributed by atoms with E-state index < -0.39 is 0 Å². The molecule has 14 heavy (non-hydrogen) atoms. The second-order valence-corrected chi connectivity index (χ2v) is 4.01. The lowest BCUT2D eigenvalue weighted by Crippen LogP contribution is -1.93. The van der Waals surface area contributed by atoms with Gasteiger partial charge in [-0.05, 0) is 12.1 Å². The van der Waals surface area contributed by atoms with Crippen molar-refractivity contribution >= 4 is 23.3 Å². The fourth-order valence-electron chi connectivity index (χ4n) is 1.30. The first-order valence-corrected chi connectivity index (χ1v) is 4.87. The van der Waals surface area contributed by atoms with Crippen LogP contribution < -0.4 is 5.73 Å². The summed E-state index contributed by atoms with van der Waals surface area (Å²) in [5, 5.41) is 4.04. The van der Waals surface area contributed by atoms with Gasteiger partial charge in [0.1, 0.15) is 5.69 Å². The number of hydrogen-bond acceptors (Lipinski definition) is 4. The Bertz CT molecular complexity index is 453. The zero-order valence-corrected chi connectivity index (χ0v) is 8.41. The molecule has 0 aliphatic heterocycles. The van der Waals surface area contributed by atoms with Crippen LogP contribution in [0.15, 0.2) is 18.3 Å². The van der Waals surface area contributed by atoms with Crippen molar-refractivity contribution in [2.24, 2.45) is 7.05 Å². The van der Waals surface area contributed by atoms with Gasteiger partial charge in [0.25, 0.3) is 0 Å². The molecule has 72 valence electrons. The molecule has 2 aromatic heterocycles. The van der Waals surface area contributed by atoms with Gasteiger partial charge in [-0.2, -0.15) is 5.10 Å². The van der Waals surface area contributed by atoms with Crippen LogP contribution in [-0.4, -0.2) is 16.1 Å². The standard InChI is InChI=1S/C9H9N3OS/c1-12-9(7(10)4-11-12)8-3-2-6(5-13)14-8/h2-5H,10H2,1H3. The van der Waals surface area contributed by atoms with E-state index in [1.165, 1.54) is 11.3 Å². The van der Waals surface area contributed by atoms with Gasteiger partial charge in [0, 0.05) is 7.05 Å². The van der Waals surface area contributed by atoms with Crippen molar-refractivity contribution in [2.75, 3.05) is 5.73 Å². The van der Waals surface area contributed by atoms with Gasteiger partial charge in [-0.25, -0.2) is 0 Å². The Morgan fingerprint density at radius 1 is 1.57 bits per heavy atom. The van der Waals surface area contributed by atoms with Crippen LogP contribution in [0.4, 0.5) is 5.69 Å². The van der Waals surface area contributed by atoms with E-state index in [2.05, 4.69) is 5.10 Å². The molecule has 0 aromatic carbocycles. The highest BCUT2D eigenvalue weighted by molar-refractivity contribution is 7.17. The number of carbonyl (C=O) groups excluding carboxylic acids is 1. The molecule has 4 nitrogen and oxygen atoms in total. The maximum Gasteiger partial charge on any atom is 0.160 e. The summed E-state index contributed by atoms with van der Waals surface area (Å²) in [6.45, 7) is 0. The molecule has 0 spiro atoms. The molecule has 0 amide bonds. The Morgan fingerprint density at radius 2 is 2.36 bits per heavy atom. The molecular formula is C9H9N3OS. The molecule has 0 bridgehead atoms. The molecule has 0 unspecified atom stereocenters. The Balaban J connectivity index is 2.53. The van der Waals surface area contributed by atoms with Crippen LogP contribution in [0.3, 0.4) is 0 Å². The number of hydrogen-bond donors (Lipinski definition) is 1. The predicted molar refractivity (Wildman–Crippen MR) is 56.3 cm³/mol. The number of aldehydes is 1. The molecule has 0 radical (unpaired) electrons. The van der Waals surface area contributed by atoms with Crippen LogP contribution in [0.5, 0.6) is 0 Å². The summed E-state index contributed by atoms with van der Waals surface area (Å²) in [5.41, 5.74) is 7.25. The number of aromatic nitrogens is 2. The van der Waals surface area contributed by atoms with Gasteiger partial charge < -0.3 is 5.73 Å². The highest BCUT2D eigenvalue weighted by atomic mass is 32.1. The maximum atomic E-state index is 10.5. The van der Waals surface area contributed by atoms with E-state index in [4.69, 9.17) is 5.73 Å². The Kier molecular flexibility index (Phi) is 2.09. The Morgan fingerprint density at radius 3 is 2.86 bits per heavy atom. The highest BCUT2D eigenvalue weighted by Crippen LogP contribution is 2.30. The van der Waals surface area contributed by atoms with E-state index in [1.807, 2.05) is 13.1 Å². The van der Waals surface area contributed by atoms with E-state index in [9.17, 15) is 4.79 Å². The minimum absolute atomic E-state index is 0.631. The summed E-state index contributed by atoms with van der Waals surface area (Å²) in [5.74, 6) is 0. The third-order valence-electron chi connectivity index (χ3n) is 1.94. The maximum absolute atomic E-state index is 10.5. The molecule has 2 aromatic rings. The topological polar surface area (TPSA) is 60.9 Å².